The van der Waals surface area contributed by atoms with Gasteiger partial charge in [-0.2, -0.15) is 0 Å². The molecule has 0 aliphatic heterocycles. The van der Waals surface area contributed by atoms with E-state index in [0.717, 1.165) is 16.7 Å². The molecule has 0 amide bonds. The van der Waals surface area contributed by atoms with E-state index < -0.39 is 10.0 Å². The minimum absolute atomic E-state index is 0.130. The normalized spacial score (nSPS) is 13.1. The first-order valence-corrected chi connectivity index (χ1v) is 8.13. The number of nitrogens with one attached hydrogen (secondary N) is 1. The predicted molar refractivity (Wildman–Crippen MR) is 83.3 cm³/mol. The molecular weight excluding hydrogens is 270 g/mol. The fraction of sp³-hybridized carbons (Fsp3) is 0.438. The Bertz CT molecular complexity index is 615. The van der Waals surface area contributed by atoms with Crippen molar-refractivity contribution in [2.75, 3.05) is 0 Å². The molecule has 1 unspecified atom stereocenters. The van der Waals surface area contributed by atoms with Crippen LogP contribution < -0.4 is 4.72 Å². The van der Waals surface area contributed by atoms with Crippen LogP contribution in [-0.4, -0.2) is 14.5 Å². The van der Waals surface area contributed by atoms with Crippen LogP contribution in [0.15, 0.2) is 35.4 Å². The molecule has 0 aliphatic carbocycles. The van der Waals surface area contributed by atoms with Crippen LogP contribution in [0.5, 0.6) is 0 Å². The molecule has 1 N–H and O–H groups in total. The number of hydrogen-bond acceptors (Lipinski definition) is 2. The number of sulfonamides is 1. The highest BCUT2D eigenvalue weighted by Gasteiger charge is 2.24. The predicted octanol–water partition coefficient (Wildman–Crippen LogP) is 3.26. The Labute approximate surface area is 122 Å². The van der Waals surface area contributed by atoms with Crippen LogP contribution in [0.3, 0.4) is 0 Å². The molecule has 0 saturated heterocycles. The number of benzene rings is 1. The molecule has 0 aliphatic rings. The van der Waals surface area contributed by atoms with E-state index >= 15 is 0 Å². The Balaban J connectivity index is 3.27. The maximum Gasteiger partial charge on any atom is 0.241 e. The van der Waals surface area contributed by atoms with E-state index in [1.54, 1.807) is 6.08 Å². The molecule has 1 aromatic carbocycles. The van der Waals surface area contributed by atoms with Crippen LogP contribution in [0.1, 0.15) is 30.5 Å². The SMILES string of the molecule is C=C=CC(NS(=O)(=O)c1c(C)cc(C)cc1C)C(C)C. The van der Waals surface area contributed by atoms with Crippen LogP contribution in [0.4, 0.5) is 0 Å². The summed E-state index contributed by atoms with van der Waals surface area (Å²) in [6, 6.07) is 3.46. The Morgan fingerprint density at radius 2 is 1.70 bits per heavy atom. The van der Waals surface area contributed by atoms with E-state index in [1.165, 1.54) is 0 Å². The van der Waals surface area contributed by atoms with Crippen LogP contribution >= 0.6 is 0 Å². The fourth-order valence-corrected chi connectivity index (χ4v) is 4.10. The lowest BCUT2D eigenvalue weighted by molar-refractivity contribution is 0.508. The third-order valence-corrected chi connectivity index (χ3v) is 4.94. The van der Waals surface area contributed by atoms with Crippen LogP contribution in [-0.2, 0) is 10.0 Å². The van der Waals surface area contributed by atoms with Gasteiger partial charge in [0.1, 0.15) is 0 Å². The van der Waals surface area contributed by atoms with Crippen molar-refractivity contribution in [3.05, 3.63) is 47.2 Å². The molecule has 0 heterocycles. The smallest absolute Gasteiger partial charge is 0.207 e. The average Bonchev–Trinajstić information content (AvgIpc) is 2.25. The lowest BCUT2D eigenvalue weighted by Crippen LogP contribution is -2.37. The standard InChI is InChI=1S/C16H23NO2S/c1-7-8-15(11(2)3)17-20(18,19)16-13(5)9-12(4)10-14(16)6/h8-11,15,17H,1H2,2-6H3. The third kappa shape index (κ3) is 3.83. The zero-order valence-electron chi connectivity index (χ0n) is 12.8. The summed E-state index contributed by atoms with van der Waals surface area (Å²) in [7, 11) is -3.55. The van der Waals surface area contributed by atoms with Crippen molar-refractivity contribution in [1.82, 2.24) is 4.72 Å². The van der Waals surface area contributed by atoms with Gasteiger partial charge in [0, 0.05) is 6.04 Å². The molecule has 1 atom stereocenters. The van der Waals surface area contributed by atoms with E-state index in [4.69, 9.17) is 0 Å². The first-order valence-electron chi connectivity index (χ1n) is 6.65. The van der Waals surface area contributed by atoms with Gasteiger partial charge in [-0.25, -0.2) is 13.1 Å². The molecular formula is C16H23NO2S. The fourth-order valence-electron chi connectivity index (χ4n) is 2.32. The van der Waals surface area contributed by atoms with Crippen molar-refractivity contribution >= 4 is 10.0 Å². The number of rotatable bonds is 5. The zero-order valence-corrected chi connectivity index (χ0v) is 13.6. The minimum atomic E-state index is -3.55. The van der Waals surface area contributed by atoms with Crippen molar-refractivity contribution in [3.63, 3.8) is 0 Å². The zero-order chi connectivity index (χ0) is 15.5. The van der Waals surface area contributed by atoms with E-state index in [1.807, 2.05) is 46.8 Å². The van der Waals surface area contributed by atoms with Gasteiger partial charge in [-0.15, -0.1) is 5.73 Å². The monoisotopic (exact) mass is 293 g/mol. The van der Waals surface area contributed by atoms with Gasteiger partial charge in [0.05, 0.1) is 4.90 Å². The summed E-state index contributed by atoms with van der Waals surface area (Å²) in [4.78, 5) is 0.367. The molecule has 0 fully saturated rings. The summed E-state index contributed by atoms with van der Waals surface area (Å²) in [5.41, 5.74) is 5.25. The van der Waals surface area contributed by atoms with E-state index in [2.05, 4.69) is 17.0 Å². The summed E-state index contributed by atoms with van der Waals surface area (Å²) < 4.78 is 27.9. The molecule has 1 aromatic rings. The second kappa shape index (κ2) is 6.40. The molecule has 0 saturated carbocycles. The third-order valence-electron chi connectivity index (χ3n) is 3.18. The van der Waals surface area contributed by atoms with Crippen molar-refractivity contribution in [2.45, 2.75) is 45.6 Å². The molecule has 0 radical (unpaired) electrons. The quantitative estimate of drug-likeness (QED) is 0.847. The summed E-state index contributed by atoms with van der Waals surface area (Å²) >= 11 is 0. The molecule has 20 heavy (non-hydrogen) atoms. The first-order chi connectivity index (χ1) is 9.19. The molecule has 1 rings (SSSR count). The first kappa shape index (κ1) is 16.7. The highest BCUT2D eigenvalue weighted by molar-refractivity contribution is 7.89. The largest absolute Gasteiger partial charge is 0.241 e. The molecule has 3 nitrogen and oxygen atoms in total. The minimum Gasteiger partial charge on any atom is -0.207 e. The molecule has 4 heteroatoms. The molecule has 0 bridgehead atoms. The van der Waals surface area contributed by atoms with Gasteiger partial charge < -0.3 is 0 Å². The average molecular weight is 293 g/mol. The van der Waals surface area contributed by atoms with Gasteiger partial charge in [0.25, 0.3) is 0 Å². The van der Waals surface area contributed by atoms with Crippen LogP contribution in [0.2, 0.25) is 0 Å². The lowest BCUT2D eigenvalue weighted by Gasteiger charge is -2.20. The van der Waals surface area contributed by atoms with E-state index in [-0.39, 0.29) is 12.0 Å². The van der Waals surface area contributed by atoms with Gasteiger partial charge >= 0.3 is 0 Å². The summed E-state index contributed by atoms with van der Waals surface area (Å²) in [6.45, 7) is 13.0. The summed E-state index contributed by atoms with van der Waals surface area (Å²) in [5, 5.41) is 0. The molecule has 0 aromatic heterocycles. The Morgan fingerprint density at radius 3 is 2.10 bits per heavy atom. The van der Waals surface area contributed by atoms with Crippen LogP contribution in [0, 0.1) is 26.7 Å². The highest BCUT2D eigenvalue weighted by atomic mass is 32.2. The molecule has 110 valence electrons. The highest BCUT2D eigenvalue weighted by Crippen LogP contribution is 2.22. The number of aryl methyl sites for hydroxylation is 3. The maximum atomic E-state index is 12.6. The van der Waals surface area contributed by atoms with Crippen molar-refractivity contribution in [1.29, 1.82) is 0 Å². The van der Waals surface area contributed by atoms with Gasteiger partial charge in [-0.05, 0) is 43.9 Å². The Hall–Kier alpha value is -1.35. The van der Waals surface area contributed by atoms with Gasteiger partial charge in [-0.1, -0.05) is 38.1 Å². The summed E-state index contributed by atoms with van der Waals surface area (Å²) in [6.07, 6.45) is 1.65. The number of hydrogen-bond donors (Lipinski definition) is 1. The van der Waals surface area contributed by atoms with E-state index in [9.17, 15) is 8.42 Å². The second-order valence-electron chi connectivity index (χ2n) is 5.49. The maximum absolute atomic E-state index is 12.6. The topological polar surface area (TPSA) is 46.2 Å². The summed E-state index contributed by atoms with van der Waals surface area (Å²) in [5.74, 6) is 0.130. The Kier molecular flexibility index (Phi) is 5.35. The van der Waals surface area contributed by atoms with Gasteiger partial charge in [0.2, 0.25) is 10.0 Å². The van der Waals surface area contributed by atoms with Crippen LogP contribution in [0.25, 0.3) is 0 Å². The van der Waals surface area contributed by atoms with Crippen molar-refractivity contribution in [3.8, 4) is 0 Å². The lowest BCUT2D eigenvalue weighted by atomic mass is 10.1. The van der Waals surface area contributed by atoms with E-state index in [0.29, 0.717) is 4.90 Å². The van der Waals surface area contributed by atoms with Gasteiger partial charge in [-0.3, -0.25) is 0 Å². The van der Waals surface area contributed by atoms with Crippen molar-refractivity contribution in [2.24, 2.45) is 5.92 Å². The molecule has 0 spiro atoms. The van der Waals surface area contributed by atoms with Gasteiger partial charge in [0.15, 0.2) is 0 Å². The second-order valence-corrected chi connectivity index (χ2v) is 7.14. The Morgan fingerprint density at radius 1 is 1.20 bits per heavy atom. The van der Waals surface area contributed by atoms with Crippen molar-refractivity contribution < 1.29 is 8.42 Å².